The lowest BCUT2D eigenvalue weighted by Gasteiger charge is -1.99. The number of rotatable bonds is 4. The van der Waals surface area contributed by atoms with Gasteiger partial charge in [0.15, 0.2) is 0 Å². The minimum Gasteiger partial charge on any atom is -0.545 e. The van der Waals surface area contributed by atoms with E-state index in [1.54, 1.807) is 48.5 Å². The van der Waals surface area contributed by atoms with Crippen molar-refractivity contribution in [3.8, 4) is 0 Å². The Morgan fingerprint density at radius 1 is 0.773 bits per heavy atom. The number of carboxylic acid groups (broad SMARTS) is 1. The van der Waals surface area contributed by atoms with E-state index in [0.29, 0.717) is 11.1 Å². The SMILES string of the molecule is C=C(C)C(=O)[O-].O=C(C(=O)c1ccccc1)c1ccccc1. The van der Waals surface area contributed by atoms with Crippen LogP contribution in [0.5, 0.6) is 0 Å². The van der Waals surface area contributed by atoms with E-state index in [2.05, 4.69) is 6.58 Å². The van der Waals surface area contributed by atoms with Crippen molar-refractivity contribution >= 4 is 17.5 Å². The molecule has 0 amide bonds. The monoisotopic (exact) mass is 295 g/mol. The Labute approximate surface area is 128 Å². The lowest BCUT2D eigenvalue weighted by atomic mass is 10.0. The van der Waals surface area contributed by atoms with Crippen LogP contribution in [0.25, 0.3) is 0 Å². The average molecular weight is 295 g/mol. The quantitative estimate of drug-likeness (QED) is 0.491. The summed E-state index contributed by atoms with van der Waals surface area (Å²) in [7, 11) is 0. The fourth-order valence-corrected chi connectivity index (χ4v) is 1.44. The molecule has 4 heteroatoms. The molecule has 0 bridgehead atoms. The van der Waals surface area contributed by atoms with Crippen molar-refractivity contribution in [1.82, 2.24) is 0 Å². The van der Waals surface area contributed by atoms with E-state index >= 15 is 0 Å². The minimum atomic E-state index is -1.19. The van der Waals surface area contributed by atoms with Crippen LogP contribution in [0.2, 0.25) is 0 Å². The molecule has 0 fully saturated rings. The lowest BCUT2D eigenvalue weighted by molar-refractivity contribution is -0.299. The van der Waals surface area contributed by atoms with Crippen LogP contribution in [-0.2, 0) is 4.79 Å². The van der Waals surface area contributed by atoms with E-state index in [4.69, 9.17) is 0 Å². The highest BCUT2D eigenvalue weighted by molar-refractivity contribution is 6.49. The summed E-state index contributed by atoms with van der Waals surface area (Å²) in [5.74, 6) is -2.12. The molecule has 0 heterocycles. The molecule has 0 atom stereocenters. The normalized spacial score (nSPS) is 9.14. The molecule has 0 N–H and O–H groups in total. The van der Waals surface area contributed by atoms with Crippen molar-refractivity contribution in [2.45, 2.75) is 6.92 Å². The van der Waals surface area contributed by atoms with Crippen LogP contribution in [0.4, 0.5) is 0 Å². The van der Waals surface area contributed by atoms with Gasteiger partial charge in [0.1, 0.15) is 0 Å². The van der Waals surface area contributed by atoms with Gasteiger partial charge in [-0.25, -0.2) is 0 Å². The second kappa shape index (κ2) is 8.32. The van der Waals surface area contributed by atoms with Gasteiger partial charge in [-0.15, -0.1) is 0 Å². The van der Waals surface area contributed by atoms with Crippen molar-refractivity contribution in [3.63, 3.8) is 0 Å². The van der Waals surface area contributed by atoms with E-state index in [9.17, 15) is 19.5 Å². The van der Waals surface area contributed by atoms with Crippen LogP contribution < -0.4 is 5.11 Å². The summed E-state index contributed by atoms with van der Waals surface area (Å²) in [5.41, 5.74) is 0.919. The maximum absolute atomic E-state index is 11.8. The fourth-order valence-electron chi connectivity index (χ4n) is 1.44. The number of carbonyl (C=O) groups is 3. The Kier molecular flexibility index (Phi) is 6.44. The maximum Gasteiger partial charge on any atom is 0.233 e. The highest BCUT2D eigenvalue weighted by Gasteiger charge is 2.16. The van der Waals surface area contributed by atoms with Crippen LogP contribution in [0.15, 0.2) is 72.8 Å². The molecule has 0 aliphatic heterocycles. The van der Waals surface area contributed by atoms with Crippen LogP contribution >= 0.6 is 0 Å². The zero-order chi connectivity index (χ0) is 16.5. The van der Waals surface area contributed by atoms with Gasteiger partial charge in [-0.3, -0.25) is 9.59 Å². The van der Waals surface area contributed by atoms with E-state index in [1.807, 2.05) is 12.1 Å². The summed E-state index contributed by atoms with van der Waals surface area (Å²) in [6.45, 7) is 4.48. The smallest absolute Gasteiger partial charge is 0.233 e. The van der Waals surface area contributed by atoms with Crippen molar-refractivity contribution in [2.75, 3.05) is 0 Å². The third kappa shape index (κ3) is 5.17. The molecule has 0 spiro atoms. The largest absolute Gasteiger partial charge is 0.545 e. The third-order valence-electron chi connectivity index (χ3n) is 2.63. The van der Waals surface area contributed by atoms with Crippen molar-refractivity contribution < 1.29 is 19.5 Å². The van der Waals surface area contributed by atoms with Gasteiger partial charge in [-0.05, 0) is 12.5 Å². The molecule has 2 rings (SSSR count). The van der Waals surface area contributed by atoms with E-state index < -0.39 is 17.5 Å². The van der Waals surface area contributed by atoms with E-state index in [1.165, 1.54) is 6.92 Å². The first kappa shape index (κ1) is 17.0. The number of hydrogen-bond acceptors (Lipinski definition) is 4. The van der Waals surface area contributed by atoms with Crippen LogP contribution in [0.3, 0.4) is 0 Å². The summed E-state index contributed by atoms with van der Waals surface area (Å²) in [5, 5.41) is 9.49. The highest BCUT2D eigenvalue weighted by Crippen LogP contribution is 2.07. The summed E-state index contributed by atoms with van der Waals surface area (Å²) in [6.07, 6.45) is 0. The molecule has 0 radical (unpaired) electrons. The molecule has 0 unspecified atom stereocenters. The van der Waals surface area contributed by atoms with Crippen molar-refractivity contribution in [1.29, 1.82) is 0 Å². The molecule has 2 aromatic carbocycles. The topological polar surface area (TPSA) is 74.3 Å². The highest BCUT2D eigenvalue weighted by atomic mass is 16.4. The molecule has 0 aliphatic carbocycles. The average Bonchev–Trinajstić information content (AvgIpc) is 2.55. The molecule has 0 saturated heterocycles. The summed E-state index contributed by atoms with van der Waals surface area (Å²) < 4.78 is 0. The number of benzene rings is 2. The fraction of sp³-hybridized carbons (Fsp3) is 0.0556. The molecule has 4 nitrogen and oxygen atoms in total. The zero-order valence-electron chi connectivity index (χ0n) is 12.1. The summed E-state index contributed by atoms with van der Waals surface area (Å²) in [4.78, 5) is 33.1. The molecule has 0 aliphatic rings. The first-order valence-corrected chi connectivity index (χ1v) is 6.49. The van der Waals surface area contributed by atoms with Crippen molar-refractivity contribution in [2.24, 2.45) is 0 Å². The first-order chi connectivity index (χ1) is 10.4. The van der Waals surface area contributed by atoms with E-state index in [-0.39, 0.29) is 5.57 Å². The summed E-state index contributed by atoms with van der Waals surface area (Å²) >= 11 is 0. The zero-order valence-corrected chi connectivity index (χ0v) is 12.1. The molecule has 2 aromatic rings. The lowest BCUT2D eigenvalue weighted by Crippen LogP contribution is -2.22. The van der Waals surface area contributed by atoms with Gasteiger partial charge in [0, 0.05) is 11.1 Å². The molecular formula is C18H15O4-. The molecule has 0 aromatic heterocycles. The standard InChI is InChI=1S/C14H10O2.C4H6O2/c15-13(11-7-3-1-4-8-11)14(16)12-9-5-2-6-10-12;1-3(2)4(5)6/h1-10H;1H2,2H3,(H,5,6)/p-1. The van der Waals surface area contributed by atoms with Crippen LogP contribution in [-0.4, -0.2) is 17.5 Å². The van der Waals surface area contributed by atoms with Gasteiger partial charge in [0.05, 0.1) is 5.97 Å². The molecular weight excluding hydrogens is 280 g/mol. The molecule has 112 valence electrons. The van der Waals surface area contributed by atoms with Gasteiger partial charge >= 0.3 is 0 Å². The van der Waals surface area contributed by atoms with Gasteiger partial charge < -0.3 is 9.90 Å². The Bertz CT molecular complexity index is 611. The second-order valence-electron chi connectivity index (χ2n) is 4.46. The minimum absolute atomic E-state index is 0.0648. The number of carbonyl (C=O) groups excluding carboxylic acids is 3. The number of aliphatic carboxylic acids is 1. The third-order valence-corrected chi connectivity index (χ3v) is 2.63. The Morgan fingerprint density at radius 3 is 1.27 bits per heavy atom. The number of Topliss-reactive ketones (excluding diaryl/α,β-unsaturated/α-hetero) is 2. The number of carboxylic acids is 1. The van der Waals surface area contributed by atoms with Crippen LogP contribution in [0, 0.1) is 0 Å². The van der Waals surface area contributed by atoms with Gasteiger partial charge in [0.25, 0.3) is 0 Å². The van der Waals surface area contributed by atoms with Gasteiger partial charge in [-0.2, -0.15) is 0 Å². The van der Waals surface area contributed by atoms with E-state index in [0.717, 1.165) is 0 Å². The number of ketones is 2. The molecule has 22 heavy (non-hydrogen) atoms. The van der Waals surface area contributed by atoms with Gasteiger partial charge in [0.2, 0.25) is 11.6 Å². The van der Waals surface area contributed by atoms with Gasteiger partial charge in [-0.1, -0.05) is 67.2 Å². The Hall–Kier alpha value is -3.01. The maximum atomic E-state index is 11.8. The predicted octanol–water partition coefficient (Wildman–Crippen LogP) is 2.06. The summed E-state index contributed by atoms with van der Waals surface area (Å²) in [6, 6.07) is 17.2. The Morgan fingerprint density at radius 2 is 1.05 bits per heavy atom. The van der Waals surface area contributed by atoms with Crippen molar-refractivity contribution in [3.05, 3.63) is 83.9 Å². The Balaban J connectivity index is 0.000000346. The van der Waals surface area contributed by atoms with Crippen LogP contribution in [0.1, 0.15) is 27.6 Å². The second-order valence-corrected chi connectivity index (χ2v) is 4.46. The molecule has 0 saturated carbocycles. The predicted molar refractivity (Wildman–Crippen MR) is 81.4 cm³/mol. The first-order valence-electron chi connectivity index (χ1n) is 6.49. The number of hydrogen-bond donors (Lipinski definition) is 0.